The quantitative estimate of drug-likeness (QED) is 0.564. The summed E-state index contributed by atoms with van der Waals surface area (Å²) in [5.41, 5.74) is 6.07. The number of hydrogen-bond donors (Lipinski definition) is 1. The fourth-order valence-electron chi connectivity index (χ4n) is 2.34. The van der Waals surface area contributed by atoms with Gasteiger partial charge in [-0.15, -0.1) is 0 Å². The van der Waals surface area contributed by atoms with E-state index < -0.39 is 0 Å². The summed E-state index contributed by atoms with van der Waals surface area (Å²) in [4.78, 5) is 4.67. The van der Waals surface area contributed by atoms with Gasteiger partial charge in [-0.3, -0.25) is 4.99 Å². The largest absolute Gasteiger partial charge is 0.387 e. The van der Waals surface area contributed by atoms with Crippen molar-refractivity contribution in [3.05, 3.63) is 0 Å². The highest BCUT2D eigenvalue weighted by Gasteiger charge is 2.20. The van der Waals surface area contributed by atoms with E-state index in [0.717, 1.165) is 5.84 Å². The van der Waals surface area contributed by atoms with E-state index in [1.54, 1.807) is 0 Å². The van der Waals surface area contributed by atoms with E-state index in [1.165, 1.54) is 50.0 Å². The average Bonchev–Trinajstić information content (AvgIpc) is 2.72. The average molecular weight is 212 g/mol. The minimum atomic E-state index is 0.530. The number of rotatable bonds is 2. The molecule has 1 aliphatic carbocycles. The normalized spacial score (nSPS) is 30.9. The van der Waals surface area contributed by atoms with Gasteiger partial charge in [-0.1, -0.05) is 19.3 Å². The fourth-order valence-corrected chi connectivity index (χ4v) is 3.46. The van der Waals surface area contributed by atoms with Crippen LogP contribution in [0, 0.1) is 5.92 Å². The van der Waals surface area contributed by atoms with E-state index in [9.17, 15) is 0 Å². The molecular formula is C11H20N2S. The summed E-state index contributed by atoms with van der Waals surface area (Å²) in [6.45, 7) is 0. The summed E-state index contributed by atoms with van der Waals surface area (Å²) in [5.74, 6) is 4.02. The molecule has 2 rings (SSSR count). The zero-order valence-electron chi connectivity index (χ0n) is 8.74. The van der Waals surface area contributed by atoms with Gasteiger partial charge in [-0.05, 0) is 25.0 Å². The number of nitrogens with two attached hydrogens (primary N) is 1. The summed E-state index contributed by atoms with van der Waals surface area (Å²) in [5, 5.41) is 0. The molecule has 2 nitrogen and oxygen atoms in total. The third-order valence-electron chi connectivity index (χ3n) is 3.26. The molecule has 1 unspecified atom stereocenters. The van der Waals surface area contributed by atoms with Crippen LogP contribution in [0.15, 0.2) is 4.99 Å². The van der Waals surface area contributed by atoms with Crippen molar-refractivity contribution in [2.45, 2.75) is 44.6 Å². The first kappa shape index (κ1) is 10.3. The Morgan fingerprint density at radius 2 is 1.93 bits per heavy atom. The lowest BCUT2D eigenvalue weighted by atomic mass is 9.88. The Labute approximate surface area is 90.7 Å². The molecule has 0 spiro atoms. The first-order chi connectivity index (χ1) is 6.86. The van der Waals surface area contributed by atoms with Crippen LogP contribution < -0.4 is 5.73 Å². The van der Waals surface area contributed by atoms with Crippen LogP contribution in [0.1, 0.15) is 38.5 Å². The molecule has 2 fully saturated rings. The standard InChI is InChI=1S/C11H20N2S/c12-11(9-4-2-1-3-5-9)13-10-6-7-14-8-10/h9-10H,1-8H2,(H2,12,13). The second-order valence-electron chi connectivity index (χ2n) is 4.41. The van der Waals surface area contributed by atoms with Crippen molar-refractivity contribution in [1.29, 1.82) is 0 Å². The second-order valence-corrected chi connectivity index (χ2v) is 5.56. The Kier molecular flexibility index (Phi) is 3.74. The van der Waals surface area contributed by atoms with Crippen molar-refractivity contribution in [1.82, 2.24) is 0 Å². The predicted molar refractivity (Wildman–Crippen MR) is 63.9 cm³/mol. The van der Waals surface area contributed by atoms with Gasteiger partial charge in [0.25, 0.3) is 0 Å². The molecule has 0 bridgehead atoms. The molecular weight excluding hydrogens is 192 g/mol. The number of aliphatic imine (C=N–C) groups is 1. The number of amidine groups is 1. The van der Waals surface area contributed by atoms with Crippen LogP contribution in [-0.2, 0) is 0 Å². The molecule has 1 saturated heterocycles. The van der Waals surface area contributed by atoms with Gasteiger partial charge >= 0.3 is 0 Å². The SMILES string of the molecule is NC(=NC1CCSC1)C1CCCCC1. The van der Waals surface area contributed by atoms with Crippen molar-refractivity contribution in [3.8, 4) is 0 Å². The lowest BCUT2D eigenvalue weighted by molar-refractivity contribution is 0.435. The zero-order chi connectivity index (χ0) is 9.80. The Bertz CT molecular complexity index is 203. The molecule has 0 amide bonds. The molecule has 0 radical (unpaired) electrons. The van der Waals surface area contributed by atoms with Crippen molar-refractivity contribution >= 4 is 17.6 Å². The lowest BCUT2D eigenvalue weighted by Crippen LogP contribution is -2.27. The van der Waals surface area contributed by atoms with E-state index in [0.29, 0.717) is 12.0 Å². The van der Waals surface area contributed by atoms with Crippen LogP contribution in [-0.4, -0.2) is 23.4 Å². The molecule has 0 aromatic rings. The maximum atomic E-state index is 6.07. The van der Waals surface area contributed by atoms with E-state index in [2.05, 4.69) is 4.99 Å². The van der Waals surface area contributed by atoms with Crippen LogP contribution in [0.25, 0.3) is 0 Å². The van der Waals surface area contributed by atoms with E-state index in [4.69, 9.17) is 5.73 Å². The van der Waals surface area contributed by atoms with Crippen molar-refractivity contribution in [3.63, 3.8) is 0 Å². The highest BCUT2D eigenvalue weighted by Crippen LogP contribution is 2.25. The summed E-state index contributed by atoms with van der Waals surface area (Å²) in [6, 6.07) is 0.530. The minimum Gasteiger partial charge on any atom is -0.387 e. The van der Waals surface area contributed by atoms with Gasteiger partial charge in [0.05, 0.1) is 11.9 Å². The molecule has 1 atom stereocenters. The molecule has 1 aliphatic heterocycles. The predicted octanol–water partition coefficient (Wildman–Crippen LogP) is 2.43. The van der Waals surface area contributed by atoms with Gasteiger partial charge < -0.3 is 5.73 Å². The first-order valence-electron chi connectivity index (χ1n) is 5.77. The first-order valence-corrected chi connectivity index (χ1v) is 6.92. The highest BCUT2D eigenvalue weighted by molar-refractivity contribution is 7.99. The maximum absolute atomic E-state index is 6.07. The van der Waals surface area contributed by atoms with Gasteiger partial charge in [-0.2, -0.15) is 11.8 Å². The zero-order valence-corrected chi connectivity index (χ0v) is 9.56. The maximum Gasteiger partial charge on any atom is 0.0972 e. The van der Waals surface area contributed by atoms with Crippen LogP contribution in [0.4, 0.5) is 0 Å². The van der Waals surface area contributed by atoms with Crippen molar-refractivity contribution in [2.75, 3.05) is 11.5 Å². The topological polar surface area (TPSA) is 38.4 Å². The van der Waals surface area contributed by atoms with Crippen LogP contribution in [0.3, 0.4) is 0 Å². The Balaban J connectivity index is 1.87. The molecule has 14 heavy (non-hydrogen) atoms. The third kappa shape index (κ3) is 2.66. The lowest BCUT2D eigenvalue weighted by Gasteiger charge is -2.21. The molecule has 80 valence electrons. The summed E-state index contributed by atoms with van der Waals surface area (Å²) < 4.78 is 0. The van der Waals surface area contributed by atoms with Crippen molar-refractivity contribution < 1.29 is 0 Å². The third-order valence-corrected chi connectivity index (χ3v) is 4.41. The second kappa shape index (κ2) is 5.06. The van der Waals surface area contributed by atoms with E-state index in [1.807, 2.05) is 11.8 Å². The Morgan fingerprint density at radius 1 is 1.14 bits per heavy atom. The molecule has 0 aromatic heterocycles. The van der Waals surface area contributed by atoms with E-state index >= 15 is 0 Å². The number of hydrogen-bond acceptors (Lipinski definition) is 2. The fraction of sp³-hybridized carbons (Fsp3) is 0.909. The Morgan fingerprint density at radius 3 is 2.57 bits per heavy atom. The van der Waals surface area contributed by atoms with Gasteiger partial charge in [0.1, 0.15) is 0 Å². The molecule has 1 heterocycles. The molecule has 3 heteroatoms. The van der Waals surface area contributed by atoms with Crippen molar-refractivity contribution in [2.24, 2.45) is 16.6 Å². The molecule has 2 N–H and O–H groups in total. The molecule has 0 aromatic carbocycles. The number of nitrogens with zero attached hydrogens (tertiary/aromatic N) is 1. The minimum absolute atomic E-state index is 0.530. The summed E-state index contributed by atoms with van der Waals surface area (Å²) in [7, 11) is 0. The molecule has 1 saturated carbocycles. The monoisotopic (exact) mass is 212 g/mol. The highest BCUT2D eigenvalue weighted by atomic mass is 32.2. The summed E-state index contributed by atoms with van der Waals surface area (Å²) >= 11 is 2.01. The van der Waals surface area contributed by atoms with Gasteiger partial charge in [0, 0.05) is 11.7 Å². The van der Waals surface area contributed by atoms with E-state index in [-0.39, 0.29) is 0 Å². The Hall–Kier alpha value is -0.180. The van der Waals surface area contributed by atoms with Gasteiger partial charge in [-0.25, -0.2) is 0 Å². The van der Waals surface area contributed by atoms with Crippen LogP contribution in [0.2, 0.25) is 0 Å². The van der Waals surface area contributed by atoms with Gasteiger partial charge in [0.2, 0.25) is 0 Å². The van der Waals surface area contributed by atoms with Crippen LogP contribution in [0.5, 0.6) is 0 Å². The molecule has 2 aliphatic rings. The smallest absolute Gasteiger partial charge is 0.0972 e. The number of thioether (sulfide) groups is 1. The summed E-state index contributed by atoms with van der Waals surface area (Å²) in [6.07, 6.45) is 7.87. The van der Waals surface area contributed by atoms with Gasteiger partial charge in [0.15, 0.2) is 0 Å². The van der Waals surface area contributed by atoms with Crippen LogP contribution >= 0.6 is 11.8 Å².